The Bertz CT molecular complexity index is 973. The fourth-order valence-corrected chi connectivity index (χ4v) is 4.78. The number of nitrogens with one attached hydrogen (secondary N) is 2. The van der Waals surface area contributed by atoms with Crippen molar-refractivity contribution in [2.75, 3.05) is 5.75 Å². The molecule has 1 aromatic carbocycles. The van der Waals surface area contributed by atoms with E-state index in [1.54, 1.807) is 6.07 Å². The average Bonchev–Trinajstić information content (AvgIpc) is 3.04. The first kappa shape index (κ1) is 22.0. The first-order valence-electron chi connectivity index (χ1n) is 8.91. The van der Waals surface area contributed by atoms with Gasteiger partial charge in [0.2, 0.25) is 15.9 Å². The van der Waals surface area contributed by atoms with Crippen LogP contribution in [0.4, 0.5) is 4.39 Å². The van der Waals surface area contributed by atoms with Crippen LogP contribution >= 0.6 is 0 Å². The number of aldehydes is 1. The summed E-state index contributed by atoms with van der Waals surface area (Å²) in [6.07, 6.45) is 0.314. The van der Waals surface area contributed by atoms with Crippen molar-refractivity contribution in [1.82, 2.24) is 14.7 Å². The average molecular weight is 412 g/mol. The van der Waals surface area contributed by atoms with Crippen LogP contribution in [0.15, 0.2) is 18.2 Å². The summed E-state index contributed by atoms with van der Waals surface area (Å²) < 4.78 is 41.4. The number of carbonyl (C=O) groups excluding carboxylic acids is 2. The van der Waals surface area contributed by atoms with E-state index < -0.39 is 39.6 Å². The van der Waals surface area contributed by atoms with Crippen LogP contribution in [0.3, 0.4) is 0 Å². The lowest BCUT2D eigenvalue weighted by Gasteiger charge is -2.34. The molecule has 28 heavy (non-hydrogen) atoms. The number of H-pyrrole nitrogens is 1. The SMILES string of the molecule is CC(C)CCS(=O)(=O)NC(CC=O)(C(N)=O)[C@H](C)c1nc2c(F)cccc2[nH]1. The van der Waals surface area contributed by atoms with Crippen molar-refractivity contribution in [3.8, 4) is 0 Å². The molecular weight excluding hydrogens is 387 g/mol. The number of nitrogens with two attached hydrogens (primary N) is 1. The molecule has 2 rings (SSSR count). The van der Waals surface area contributed by atoms with E-state index in [9.17, 15) is 22.4 Å². The standard InChI is InChI=1S/C18H25FN4O4S/c1-11(2)7-10-28(26,27)23-18(8-9-24,17(20)25)12(3)16-21-14-6-4-5-13(19)15(14)22-16/h4-6,9,11-12,23H,7-8,10H2,1-3H3,(H2,20,25)(H,21,22)/t12-,18?/m1/s1. The molecule has 154 valence electrons. The third-order valence-corrected chi connectivity index (χ3v) is 6.23. The highest BCUT2D eigenvalue weighted by molar-refractivity contribution is 7.89. The molecule has 8 nitrogen and oxygen atoms in total. The highest BCUT2D eigenvalue weighted by Gasteiger charge is 2.47. The number of halogens is 1. The van der Waals surface area contributed by atoms with Gasteiger partial charge >= 0.3 is 0 Å². The Morgan fingerprint density at radius 2 is 2.07 bits per heavy atom. The quantitative estimate of drug-likeness (QED) is 0.509. The molecule has 0 fully saturated rings. The Kier molecular flexibility index (Phi) is 6.56. The normalized spacial score (nSPS) is 15.5. The molecule has 2 atom stereocenters. The summed E-state index contributed by atoms with van der Waals surface area (Å²) in [7, 11) is -3.92. The van der Waals surface area contributed by atoms with Crippen molar-refractivity contribution in [2.45, 2.75) is 45.1 Å². The van der Waals surface area contributed by atoms with Crippen LogP contribution in [-0.2, 0) is 19.6 Å². The van der Waals surface area contributed by atoms with E-state index in [0.29, 0.717) is 18.2 Å². The number of aromatic nitrogens is 2. The van der Waals surface area contributed by atoms with Crippen LogP contribution in [0, 0.1) is 11.7 Å². The summed E-state index contributed by atoms with van der Waals surface area (Å²) >= 11 is 0. The van der Waals surface area contributed by atoms with E-state index in [-0.39, 0.29) is 23.0 Å². The zero-order valence-corrected chi connectivity index (χ0v) is 16.8. The smallest absolute Gasteiger partial charge is 0.239 e. The first-order valence-corrected chi connectivity index (χ1v) is 10.6. The highest BCUT2D eigenvalue weighted by Crippen LogP contribution is 2.31. The molecule has 10 heteroatoms. The lowest BCUT2D eigenvalue weighted by atomic mass is 9.82. The first-order chi connectivity index (χ1) is 13.0. The number of aromatic amines is 1. The molecule has 1 heterocycles. The van der Waals surface area contributed by atoms with Gasteiger partial charge in [-0.05, 0) is 24.5 Å². The number of nitrogens with zero attached hydrogens (tertiary/aromatic N) is 1. The van der Waals surface area contributed by atoms with Crippen molar-refractivity contribution in [3.63, 3.8) is 0 Å². The number of amides is 1. The molecular formula is C18H25FN4O4S. The highest BCUT2D eigenvalue weighted by atomic mass is 32.2. The molecule has 0 aliphatic heterocycles. The Balaban J connectivity index is 2.49. The summed E-state index contributed by atoms with van der Waals surface area (Å²) in [5.74, 6) is -2.48. The maximum Gasteiger partial charge on any atom is 0.239 e. The van der Waals surface area contributed by atoms with Gasteiger partial charge in [-0.25, -0.2) is 17.8 Å². The van der Waals surface area contributed by atoms with E-state index >= 15 is 0 Å². The van der Waals surface area contributed by atoms with E-state index in [2.05, 4.69) is 14.7 Å². The lowest BCUT2D eigenvalue weighted by Crippen LogP contribution is -2.61. The fraction of sp³-hybridized carbons (Fsp3) is 0.500. The number of primary amides is 1. The minimum Gasteiger partial charge on any atom is -0.368 e. The number of hydrogen-bond donors (Lipinski definition) is 3. The number of hydrogen-bond acceptors (Lipinski definition) is 5. The van der Waals surface area contributed by atoms with Gasteiger partial charge in [-0.2, -0.15) is 4.72 Å². The van der Waals surface area contributed by atoms with E-state index in [1.165, 1.54) is 19.1 Å². The zero-order valence-electron chi connectivity index (χ0n) is 16.0. The van der Waals surface area contributed by atoms with Crippen molar-refractivity contribution in [1.29, 1.82) is 0 Å². The second-order valence-electron chi connectivity index (χ2n) is 7.29. The molecule has 0 radical (unpaired) electrons. The van der Waals surface area contributed by atoms with Crippen molar-refractivity contribution < 1.29 is 22.4 Å². The number of rotatable bonds is 10. The van der Waals surface area contributed by atoms with Gasteiger partial charge in [0.05, 0.1) is 11.3 Å². The summed E-state index contributed by atoms with van der Waals surface area (Å²) in [5.41, 5.74) is 4.05. The molecule has 0 saturated heterocycles. The van der Waals surface area contributed by atoms with Crippen molar-refractivity contribution >= 4 is 33.3 Å². The Labute approximate surface area is 163 Å². The van der Waals surface area contributed by atoms with Gasteiger partial charge in [-0.3, -0.25) is 4.79 Å². The van der Waals surface area contributed by atoms with Gasteiger partial charge in [-0.15, -0.1) is 0 Å². The van der Waals surface area contributed by atoms with Gasteiger partial charge < -0.3 is 15.5 Å². The van der Waals surface area contributed by atoms with Gasteiger partial charge in [-0.1, -0.05) is 26.8 Å². The topological polar surface area (TPSA) is 135 Å². The Morgan fingerprint density at radius 3 is 2.61 bits per heavy atom. The minimum atomic E-state index is -3.92. The minimum absolute atomic E-state index is 0.0523. The maximum atomic E-state index is 14.0. The molecule has 1 aromatic heterocycles. The molecule has 1 amide bonds. The molecule has 0 spiro atoms. The zero-order chi connectivity index (χ0) is 21.1. The third kappa shape index (κ3) is 4.56. The van der Waals surface area contributed by atoms with Gasteiger partial charge in [0.15, 0.2) is 5.82 Å². The Morgan fingerprint density at radius 1 is 1.39 bits per heavy atom. The monoisotopic (exact) mass is 412 g/mol. The van der Waals surface area contributed by atoms with E-state index in [4.69, 9.17) is 5.73 Å². The molecule has 0 aliphatic carbocycles. The van der Waals surface area contributed by atoms with Gasteiger partial charge in [0.25, 0.3) is 0 Å². The number of imidazole rings is 1. The Hall–Kier alpha value is -2.33. The predicted molar refractivity (Wildman–Crippen MR) is 103 cm³/mol. The summed E-state index contributed by atoms with van der Waals surface area (Å²) in [6.45, 7) is 5.25. The third-order valence-electron chi connectivity index (χ3n) is 4.78. The second kappa shape index (κ2) is 8.36. The summed E-state index contributed by atoms with van der Waals surface area (Å²) in [6, 6.07) is 4.32. The van der Waals surface area contributed by atoms with Crippen LogP contribution in [-0.4, -0.2) is 41.9 Å². The van der Waals surface area contributed by atoms with Crippen LogP contribution in [0.2, 0.25) is 0 Å². The predicted octanol–water partition coefficient (Wildman–Crippen LogP) is 1.58. The van der Waals surface area contributed by atoms with Crippen molar-refractivity contribution in [3.05, 3.63) is 29.8 Å². The number of benzene rings is 1. The van der Waals surface area contributed by atoms with Crippen LogP contribution in [0.5, 0.6) is 0 Å². The van der Waals surface area contributed by atoms with Crippen LogP contribution < -0.4 is 10.5 Å². The largest absolute Gasteiger partial charge is 0.368 e. The van der Waals surface area contributed by atoms with Crippen molar-refractivity contribution in [2.24, 2.45) is 11.7 Å². The molecule has 4 N–H and O–H groups in total. The van der Waals surface area contributed by atoms with Gasteiger partial charge in [0.1, 0.15) is 23.2 Å². The second-order valence-corrected chi connectivity index (χ2v) is 9.13. The lowest BCUT2D eigenvalue weighted by molar-refractivity contribution is -0.127. The number of sulfonamides is 1. The van der Waals surface area contributed by atoms with E-state index in [1.807, 2.05) is 13.8 Å². The number of para-hydroxylation sites is 1. The molecule has 1 unspecified atom stereocenters. The molecule has 0 bridgehead atoms. The molecule has 0 saturated carbocycles. The number of fused-ring (bicyclic) bond motifs is 1. The number of carbonyl (C=O) groups is 2. The van der Waals surface area contributed by atoms with Crippen LogP contribution in [0.1, 0.15) is 45.4 Å². The fourth-order valence-electron chi connectivity index (χ4n) is 2.98. The summed E-state index contributed by atoms with van der Waals surface area (Å²) in [5, 5.41) is 0. The van der Waals surface area contributed by atoms with E-state index in [0.717, 1.165) is 0 Å². The van der Waals surface area contributed by atoms with Gasteiger partial charge in [0, 0.05) is 12.3 Å². The van der Waals surface area contributed by atoms with Crippen LogP contribution in [0.25, 0.3) is 11.0 Å². The summed E-state index contributed by atoms with van der Waals surface area (Å²) in [4.78, 5) is 30.7. The maximum absolute atomic E-state index is 14.0. The molecule has 2 aromatic rings. The molecule has 0 aliphatic rings.